The van der Waals surface area contributed by atoms with Crippen molar-refractivity contribution >= 4 is 5.91 Å². The van der Waals surface area contributed by atoms with Crippen molar-refractivity contribution in [3.05, 3.63) is 88.5 Å². The third kappa shape index (κ3) is 3.25. The molecule has 1 aliphatic rings. The topological polar surface area (TPSA) is 38.1 Å². The molecular weight excluding hydrogens is 329 g/mol. The van der Waals surface area contributed by atoms with Crippen molar-refractivity contribution in [2.75, 3.05) is 6.54 Å². The smallest absolute Gasteiger partial charge is 0.254 e. The van der Waals surface area contributed by atoms with Gasteiger partial charge in [0.1, 0.15) is 5.82 Å². The standard InChI is InChI=1S/C21H20FN3O/c1-15-11-17(22)7-8-20(15)21(26)24-9-10-25-19(14-24)13-18(23-25)12-16-5-3-2-4-6-16/h2-8,11,13H,9-10,12,14H2,1H3. The Kier molecular flexibility index (Phi) is 4.29. The van der Waals surface area contributed by atoms with Crippen LogP contribution in [0.4, 0.5) is 4.39 Å². The summed E-state index contributed by atoms with van der Waals surface area (Å²) < 4.78 is 15.3. The van der Waals surface area contributed by atoms with Crippen LogP contribution in [-0.4, -0.2) is 27.1 Å². The minimum atomic E-state index is -0.318. The van der Waals surface area contributed by atoms with Crippen molar-refractivity contribution in [2.45, 2.75) is 26.4 Å². The summed E-state index contributed by atoms with van der Waals surface area (Å²) in [6, 6.07) is 16.6. The Labute approximate surface area is 151 Å². The summed E-state index contributed by atoms with van der Waals surface area (Å²) in [5.41, 5.74) is 4.49. The van der Waals surface area contributed by atoms with Gasteiger partial charge in [-0.05, 0) is 42.3 Å². The molecule has 1 amide bonds. The van der Waals surface area contributed by atoms with E-state index in [0.29, 0.717) is 30.8 Å². The molecule has 1 aliphatic heterocycles. The van der Waals surface area contributed by atoms with Gasteiger partial charge in [-0.2, -0.15) is 5.10 Å². The second kappa shape index (κ2) is 6.75. The third-order valence-electron chi connectivity index (χ3n) is 4.78. The number of rotatable bonds is 3. The number of carbonyl (C=O) groups excluding carboxylic acids is 1. The summed E-state index contributed by atoms with van der Waals surface area (Å²) in [6.07, 6.45) is 0.784. The van der Waals surface area contributed by atoms with Crippen molar-refractivity contribution in [3.8, 4) is 0 Å². The minimum absolute atomic E-state index is 0.0560. The lowest BCUT2D eigenvalue weighted by Crippen LogP contribution is -2.38. The molecule has 0 fully saturated rings. The van der Waals surface area contributed by atoms with Crippen LogP contribution in [-0.2, 0) is 19.5 Å². The molecule has 26 heavy (non-hydrogen) atoms. The molecular formula is C21H20FN3O. The average Bonchev–Trinajstić information content (AvgIpc) is 3.03. The van der Waals surface area contributed by atoms with E-state index >= 15 is 0 Å². The first-order chi connectivity index (χ1) is 12.6. The fourth-order valence-corrected chi connectivity index (χ4v) is 3.43. The van der Waals surface area contributed by atoms with Crippen LogP contribution in [0.3, 0.4) is 0 Å². The SMILES string of the molecule is Cc1cc(F)ccc1C(=O)N1CCn2nc(Cc3ccccc3)cc2C1. The highest BCUT2D eigenvalue weighted by Crippen LogP contribution is 2.20. The van der Waals surface area contributed by atoms with Crippen molar-refractivity contribution in [1.82, 2.24) is 14.7 Å². The number of aromatic nitrogens is 2. The highest BCUT2D eigenvalue weighted by atomic mass is 19.1. The van der Waals surface area contributed by atoms with Gasteiger partial charge in [0, 0.05) is 18.5 Å². The van der Waals surface area contributed by atoms with E-state index in [1.54, 1.807) is 13.0 Å². The number of hydrogen-bond donors (Lipinski definition) is 0. The first kappa shape index (κ1) is 16.5. The van der Waals surface area contributed by atoms with Crippen LogP contribution in [0, 0.1) is 12.7 Å². The van der Waals surface area contributed by atoms with Gasteiger partial charge >= 0.3 is 0 Å². The number of nitrogens with zero attached hydrogens (tertiary/aromatic N) is 3. The lowest BCUT2D eigenvalue weighted by atomic mass is 10.1. The zero-order valence-electron chi connectivity index (χ0n) is 14.7. The summed E-state index contributed by atoms with van der Waals surface area (Å²) in [6.45, 7) is 3.57. The number of hydrogen-bond acceptors (Lipinski definition) is 2. The predicted molar refractivity (Wildman–Crippen MR) is 97.4 cm³/mol. The Morgan fingerprint density at radius 3 is 2.69 bits per heavy atom. The van der Waals surface area contributed by atoms with Crippen LogP contribution in [0.2, 0.25) is 0 Å². The first-order valence-electron chi connectivity index (χ1n) is 8.75. The highest BCUT2D eigenvalue weighted by Gasteiger charge is 2.24. The Bertz CT molecular complexity index is 949. The van der Waals surface area contributed by atoms with Crippen molar-refractivity contribution in [2.24, 2.45) is 0 Å². The molecule has 0 N–H and O–H groups in total. The fraction of sp³-hybridized carbons (Fsp3) is 0.238. The average molecular weight is 349 g/mol. The number of amides is 1. The van der Waals surface area contributed by atoms with Crippen molar-refractivity contribution in [1.29, 1.82) is 0 Å². The van der Waals surface area contributed by atoms with Gasteiger partial charge in [0.2, 0.25) is 0 Å². The zero-order valence-corrected chi connectivity index (χ0v) is 14.7. The normalized spacial score (nSPS) is 13.5. The molecule has 0 aliphatic carbocycles. The maximum absolute atomic E-state index is 13.3. The van der Waals surface area contributed by atoms with Gasteiger partial charge in [-0.1, -0.05) is 30.3 Å². The second-order valence-corrected chi connectivity index (χ2v) is 6.70. The molecule has 3 aromatic rings. The Hall–Kier alpha value is -2.95. The van der Waals surface area contributed by atoms with E-state index in [4.69, 9.17) is 0 Å². The van der Waals surface area contributed by atoms with E-state index in [1.165, 1.54) is 17.7 Å². The van der Waals surface area contributed by atoms with Gasteiger partial charge in [-0.25, -0.2) is 4.39 Å². The molecule has 1 aromatic heterocycles. The van der Waals surface area contributed by atoms with Crippen LogP contribution in [0.25, 0.3) is 0 Å². The molecule has 0 radical (unpaired) electrons. The molecule has 0 unspecified atom stereocenters. The quantitative estimate of drug-likeness (QED) is 0.725. The number of halogens is 1. The van der Waals surface area contributed by atoms with E-state index in [-0.39, 0.29) is 11.7 Å². The molecule has 2 heterocycles. The summed E-state index contributed by atoms with van der Waals surface area (Å²) in [7, 11) is 0. The second-order valence-electron chi connectivity index (χ2n) is 6.70. The fourth-order valence-electron chi connectivity index (χ4n) is 3.43. The lowest BCUT2D eigenvalue weighted by Gasteiger charge is -2.28. The van der Waals surface area contributed by atoms with E-state index in [2.05, 4.69) is 23.3 Å². The molecule has 0 atom stereocenters. The minimum Gasteiger partial charge on any atom is -0.331 e. The van der Waals surface area contributed by atoms with E-state index in [0.717, 1.165) is 17.8 Å². The van der Waals surface area contributed by atoms with Crippen LogP contribution >= 0.6 is 0 Å². The van der Waals surface area contributed by atoms with Gasteiger partial charge < -0.3 is 4.90 Å². The van der Waals surface area contributed by atoms with Crippen LogP contribution < -0.4 is 0 Å². The lowest BCUT2D eigenvalue weighted by molar-refractivity contribution is 0.0705. The maximum Gasteiger partial charge on any atom is 0.254 e. The molecule has 132 valence electrons. The Morgan fingerprint density at radius 1 is 1.12 bits per heavy atom. The van der Waals surface area contributed by atoms with E-state index in [1.807, 2.05) is 27.8 Å². The third-order valence-corrected chi connectivity index (χ3v) is 4.78. The predicted octanol–water partition coefficient (Wildman–Crippen LogP) is 3.58. The van der Waals surface area contributed by atoms with Gasteiger partial charge in [0.25, 0.3) is 5.91 Å². The number of benzene rings is 2. The number of aryl methyl sites for hydroxylation is 1. The molecule has 2 aromatic carbocycles. The zero-order chi connectivity index (χ0) is 18.1. The highest BCUT2D eigenvalue weighted by molar-refractivity contribution is 5.95. The summed E-state index contributed by atoms with van der Waals surface area (Å²) in [5.74, 6) is -0.374. The molecule has 0 bridgehead atoms. The van der Waals surface area contributed by atoms with Gasteiger partial charge in [0.15, 0.2) is 0 Å². The maximum atomic E-state index is 13.3. The van der Waals surface area contributed by atoms with Crippen LogP contribution in [0.1, 0.15) is 32.9 Å². The summed E-state index contributed by atoms with van der Waals surface area (Å²) >= 11 is 0. The van der Waals surface area contributed by atoms with Crippen LogP contribution in [0.5, 0.6) is 0 Å². The Morgan fingerprint density at radius 2 is 1.92 bits per heavy atom. The Balaban J connectivity index is 1.51. The van der Waals surface area contributed by atoms with Gasteiger partial charge in [0.05, 0.1) is 24.5 Å². The summed E-state index contributed by atoms with van der Waals surface area (Å²) in [5, 5.41) is 4.67. The first-order valence-corrected chi connectivity index (χ1v) is 8.75. The molecule has 0 spiro atoms. The monoisotopic (exact) mass is 349 g/mol. The molecule has 5 heteroatoms. The molecule has 0 saturated heterocycles. The van der Waals surface area contributed by atoms with Crippen molar-refractivity contribution < 1.29 is 9.18 Å². The number of carbonyl (C=O) groups is 1. The molecule has 0 saturated carbocycles. The van der Waals surface area contributed by atoms with Crippen LogP contribution in [0.15, 0.2) is 54.6 Å². The largest absolute Gasteiger partial charge is 0.331 e. The van der Waals surface area contributed by atoms with E-state index in [9.17, 15) is 9.18 Å². The number of fused-ring (bicyclic) bond motifs is 1. The van der Waals surface area contributed by atoms with Crippen molar-refractivity contribution in [3.63, 3.8) is 0 Å². The molecule has 4 rings (SSSR count). The summed E-state index contributed by atoms with van der Waals surface area (Å²) in [4.78, 5) is 14.6. The van der Waals surface area contributed by atoms with Gasteiger partial charge in [-0.15, -0.1) is 0 Å². The van der Waals surface area contributed by atoms with E-state index < -0.39 is 0 Å². The van der Waals surface area contributed by atoms with Gasteiger partial charge in [-0.3, -0.25) is 9.48 Å². The molecule has 4 nitrogen and oxygen atoms in total.